The van der Waals surface area contributed by atoms with Gasteiger partial charge < -0.3 is 20.1 Å². The number of benzene rings is 1. The highest BCUT2D eigenvalue weighted by molar-refractivity contribution is 5.92. The Bertz CT molecular complexity index is 1010. The van der Waals surface area contributed by atoms with Gasteiger partial charge in [0.1, 0.15) is 11.4 Å². The van der Waals surface area contributed by atoms with Crippen molar-refractivity contribution >= 4 is 12.0 Å². The fourth-order valence-corrected chi connectivity index (χ4v) is 4.44. The zero-order chi connectivity index (χ0) is 25.6. The third-order valence-electron chi connectivity index (χ3n) is 6.13. The minimum atomic E-state index is -0.532. The van der Waals surface area contributed by atoms with Crippen LogP contribution >= 0.6 is 0 Å². The molecule has 1 aliphatic rings. The quantitative estimate of drug-likeness (QED) is 0.469. The van der Waals surface area contributed by atoms with Crippen LogP contribution in [0.5, 0.6) is 11.6 Å². The maximum absolute atomic E-state index is 13.0. The van der Waals surface area contributed by atoms with Crippen molar-refractivity contribution in [1.29, 1.82) is 0 Å². The SMILES string of the molecule is CC(C)CCCN(CC1CCCc2c(Oc3ccc(C(N)=O)cn3)cccc21)C(=O)OC(C)(C)C. The maximum Gasteiger partial charge on any atom is 0.410 e. The minimum Gasteiger partial charge on any atom is -0.444 e. The number of primary amides is 1. The molecule has 1 aliphatic carbocycles. The van der Waals surface area contributed by atoms with Crippen molar-refractivity contribution in [2.75, 3.05) is 13.1 Å². The molecule has 0 saturated carbocycles. The first-order valence-electron chi connectivity index (χ1n) is 12.6. The molecule has 0 saturated heterocycles. The van der Waals surface area contributed by atoms with Crippen LogP contribution in [0.25, 0.3) is 0 Å². The second kappa shape index (κ2) is 11.6. The van der Waals surface area contributed by atoms with Gasteiger partial charge in [-0.1, -0.05) is 26.0 Å². The average molecular weight is 482 g/mol. The predicted octanol–water partition coefficient (Wildman–Crippen LogP) is 6.07. The largest absolute Gasteiger partial charge is 0.444 e. The number of nitrogens with zero attached hydrogens (tertiary/aromatic N) is 2. The van der Waals surface area contributed by atoms with E-state index in [4.69, 9.17) is 15.2 Å². The summed E-state index contributed by atoms with van der Waals surface area (Å²) in [6.45, 7) is 11.4. The van der Waals surface area contributed by atoms with Crippen molar-refractivity contribution < 1.29 is 19.1 Å². The lowest BCUT2D eigenvalue weighted by Crippen LogP contribution is -2.40. The van der Waals surface area contributed by atoms with Crippen LogP contribution in [0.3, 0.4) is 0 Å². The molecule has 1 atom stereocenters. The van der Waals surface area contributed by atoms with Gasteiger partial charge in [-0.15, -0.1) is 0 Å². The van der Waals surface area contributed by atoms with Crippen LogP contribution in [-0.2, 0) is 11.2 Å². The van der Waals surface area contributed by atoms with E-state index in [0.717, 1.165) is 43.4 Å². The Morgan fingerprint density at radius 1 is 1.20 bits per heavy atom. The third kappa shape index (κ3) is 7.70. The number of hydrogen-bond donors (Lipinski definition) is 1. The lowest BCUT2D eigenvalue weighted by molar-refractivity contribution is 0.0230. The summed E-state index contributed by atoms with van der Waals surface area (Å²) in [5.41, 5.74) is 7.47. The van der Waals surface area contributed by atoms with Crippen LogP contribution in [0.1, 0.15) is 87.7 Å². The van der Waals surface area contributed by atoms with Gasteiger partial charge in [0.2, 0.25) is 11.8 Å². The molecule has 3 rings (SSSR count). The molecule has 1 heterocycles. The number of carbonyl (C=O) groups is 2. The first kappa shape index (κ1) is 26.5. The Kier molecular flexibility index (Phi) is 8.76. The molecule has 0 bridgehead atoms. The van der Waals surface area contributed by atoms with E-state index in [1.165, 1.54) is 11.8 Å². The van der Waals surface area contributed by atoms with Crippen molar-refractivity contribution in [1.82, 2.24) is 9.88 Å². The van der Waals surface area contributed by atoms with Gasteiger partial charge in [0.05, 0.1) is 5.56 Å². The molecule has 2 N–H and O–H groups in total. The van der Waals surface area contributed by atoms with Crippen LogP contribution < -0.4 is 10.5 Å². The number of nitrogens with two attached hydrogens (primary N) is 1. The monoisotopic (exact) mass is 481 g/mol. The topological polar surface area (TPSA) is 94.8 Å². The highest BCUT2D eigenvalue weighted by atomic mass is 16.6. The average Bonchev–Trinajstić information content (AvgIpc) is 2.78. The van der Waals surface area contributed by atoms with Crippen LogP contribution in [0.4, 0.5) is 4.79 Å². The van der Waals surface area contributed by atoms with Gasteiger partial charge >= 0.3 is 6.09 Å². The number of hydrogen-bond acceptors (Lipinski definition) is 5. The van der Waals surface area contributed by atoms with Crippen molar-refractivity contribution in [3.8, 4) is 11.6 Å². The molecule has 2 amide bonds. The molecule has 0 radical (unpaired) electrons. The molecular formula is C28H39N3O4. The van der Waals surface area contributed by atoms with Gasteiger partial charge in [0, 0.05) is 31.3 Å². The van der Waals surface area contributed by atoms with Crippen molar-refractivity contribution in [2.45, 2.75) is 78.2 Å². The van der Waals surface area contributed by atoms with Crippen LogP contribution in [0.2, 0.25) is 0 Å². The number of rotatable bonds is 9. The highest BCUT2D eigenvalue weighted by Crippen LogP contribution is 2.38. The van der Waals surface area contributed by atoms with Gasteiger partial charge in [-0.05, 0) is 82.1 Å². The molecule has 0 fully saturated rings. The van der Waals surface area contributed by atoms with Gasteiger partial charge in [0.15, 0.2) is 0 Å². The smallest absolute Gasteiger partial charge is 0.410 e. The molecule has 35 heavy (non-hydrogen) atoms. The molecule has 7 heteroatoms. The molecule has 7 nitrogen and oxygen atoms in total. The van der Waals surface area contributed by atoms with Gasteiger partial charge in [-0.3, -0.25) is 4.79 Å². The van der Waals surface area contributed by atoms with E-state index in [2.05, 4.69) is 24.9 Å². The summed E-state index contributed by atoms with van der Waals surface area (Å²) in [6, 6.07) is 9.33. The molecular weight excluding hydrogens is 442 g/mol. The van der Waals surface area contributed by atoms with Crippen LogP contribution in [0, 0.1) is 5.92 Å². The lowest BCUT2D eigenvalue weighted by atomic mass is 9.82. The molecule has 2 aromatic rings. The lowest BCUT2D eigenvalue weighted by Gasteiger charge is -2.33. The maximum atomic E-state index is 13.0. The molecule has 1 aromatic carbocycles. The number of amides is 2. The van der Waals surface area contributed by atoms with Gasteiger partial charge in [0.25, 0.3) is 0 Å². The first-order valence-corrected chi connectivity index (χ1v) is 12.6. The van der Waals surface area contributed by atoms with E-state index in [0.29, 0.717) is 30.5 Å². The second-order valence-electron chi connectivity index (χ2n) is 10.7. The van der Waals surface area contributed by atoms with E-state index in [1.807, 2.05) is 37.8 Å². The second-order valence-corrected chi connectivity index (χ2v) is 10.7. The van der Waals surface area contributed by atoms with Gasteiger partial charge in [-0.2, -0.15) is 0 Å². The normalized spacial score (nSPS) is 15.4. The molecule has 0 spiro atoms. The summed E-state index contributed by atoms with van der Waals surface area (Å²) in [6.07, 6.45) is 6.12. The van der Waals surface area contributed by atoms with Crippen molar-refractivity contribution in [2.24, 2.45) is 11.7 Å². The number of carbonyl (C=O) groups excluding carboxylic acids is 2. The fraction of sp³-hybridized carbons (Fsp3) is 0.536. The number of aromatic nitrogens is 1. The zero-order valence-corrected chi connectivity index (χ0v) is 21.7. The standard InChI is InChI=1S/C28H39N3O4/c1-19(2)9-8-16-31(27(33)35-28(3,4)5)18-21-10-6-12-23-22(21)11-7-13-24(23)34-25-15-14-20(17-30-25)26(29)32/h7,11,13-15,17,19,21H,6,8-10,12,16,18H2,1-5H3,(H2,29,32). The van der Waals surface area contributed by atoms with Crippen LogP contribution in [-0.4, -0.2) is 40.6 Å². The summed E-state index contributed by atoms with van der Waals surface area (Å²) >= 11 is 0. The van der Waals surface area contributed by atoms with Crippen LogP contribution in [0.15, 0.2) is 36.5 Å². The third-order valence-corrected chi connectivity index (χ3v) is 6.13. The summed E-state index contributed by atoms with van der Waals surface area (Å²) in [4.78, 5) is 30.5. The number of ether oxygens (including phenoxy) is 2. The Hall–Kier alpha value is -3.09. The molecule has 190 valence electrons. The summed E-state index contributed by atoms with van der Waals surface area (Å²) in [5, 5.41) is 0. The fourth-order valence-electron chi connectivity index (χ4n) is 4.44. The zero-order valence-electron chi connectivity index (χ0n) is 21.7. The Morgan fingerprint density at radius 3 is 2.60 bits per heavy atom. The van der Waals surface area contributed by atoms with E-state index in [9.17, 15) is 9.59 Å². The minimum absolute atomic E-state index is 0.207. The Balaban J connectivity index is 1.79. The van der Waals surface area contributed by atoms with Gasteiger partial charge in [-0.25, -0.2) is 9.78 Å². The first-order chi connectivity index (χ1) is 16.5. The predicted molar refractivity (Wildman–Crippen MR) is 137 cm³/mol. The molecule has 0 aliphatic heterocycles. The van der Waals surface area contributed by atoms with E-state index in [-0.39, 0.29) is 12.0 Å². The molecule has 1 aromatic heterocycles. The van der Waals surface area contributed by atoms with E-state index in [1.54, 1.807) is 12.1 Å². The van der Waals surface area contributed by atoms with E-state index >= 15 is 0 Å². The summed E-state index contributed by atoms with van der Waals surface area (Å²) in [7, 11) is 0. The summed E-state index contributed by atoms with van der Waals surface area (Å²) < 4.78 is 11.8. The Morgan fingerprint density at radius 2 is 1.97 bits per heavy atom. The van der Waals surface area contributed by atoms with Crippen molar-refractivity contribution in [3.05, 3.63) is 53.2 Å². The van der Waals surface area contributed by atoms with E-state index < -0.39 is 11.5 Å². The number of fused-ring (bicyclic) bond motifs is 1. The molecule has 1 unspecified atom stereocenters. The Labute approximate surface area is 209 Å². The van der Waals surface area contributed by atoms with Crippen molar-refractivity contribution in [3.63, 3.8) is 0 Å². The summed E-state index contributed by atoms with van der Waals surface area (Å²) in [5.74, 6) is 1.45. The highest BCUT2D eigenvalue weighted by Gasteiger charge is 2.29. The number of pyridine rings is 1.